The van der Waals surface area contributed by atoms with E-state index >= 15 is 0 Å². The fraction of sp³-hybridized carbons (Fsp3) is 1.00. The Morgan fingerprint density at radius 1 is 0.947 bits per heavy atom. The van der Waals surface area contributed by atoms with E-state index in [0.717, 1.165) is 38.0 Å². The normalized spacial score (nSPS) is 27.0. The maximum atomic E-state index is 5.64. The lowest BCUT2D eigenvalue weighted by Crippen LogP contribution is -2.34. The van der Waals surface area contributed by atoms with Crippen molar-refractivity contribution in [1.82, 2.24) is 0 Å². The van der Waals surface area contributed by atoms with Gasteiger partial charge in [0.25, 0.3) is 0 Å². The van der Waals surface area contributed by atoms with Gasteiger partial charge < -0.3 is 9.47 Å². The van der Waals surface area contributed by atoms with E-state index in [9.17, 15) is 0 Å². The van der Waals surface area contributed by atoms with Crippen LogP contribution in [0.5, 0.6) is 0 Å². The van der Waals surface area contributed by atoms with Crippen LogP contribution in [0.2, 0.25) is 18.0 Å². The van der Waals surface area contributed by atoms with Crippen molar-refractivity contribution in [2.24, 2.45) is 0 Å². The molecular weight excluding hydrogens is 235 g/mol. The predicted molar refractivity (Wildman–Crippen MR) is 82.0 cm³/mol. The number of hydrogen-bond acceptors (Lipinski definition) is 2. The summed E-state index contributed by atoms with van der Waals surface area (Å²) in [5.74, 6) is 2.09. The average molecular weight is 266 g/mol. The maximum absolute atomic E-state index is 5.64. The van der Waals surface area contributed by atoms with E-state index in [1.54, 1.807) is 0 Å². The predicted octanol–water partition coefficient (Wildman–Crippen LogP) is 4.77. The van der Waals surface area contributed by atoms with Crippen LogP contribution in [0.15, 0.2) is 0 Å². The lowest BCUT2D eigenvalue weighted by Gasteiger charge is -2.40. The summed E-state index contributed by atoms with van der Waals surface area (Å²) in [7, 11) is 0. The molecule has 0 saturated carbocycles. The molecule has 2 rings (SSSR count). The van der Waals surface area contributed by atoms with Gasteiger partial charge >= 0.3 is 0 Å². The molecule has 0 radical (unpaired) electrons. The molecule has 2 aliphatic heterocycles. The Labute approximate surface area is 119 Å². The summed E-state index contributed by atoms with van der Waals surface area (Å²) in [5.41, 5.74) is 0. The Balaban J connectivity index is 1.71. The van der Waals surface area contributed by atoms with Crippen LogP contribution >= 0.6 is 0 Å². The highest BCUT2D eigenvalue weighted by Gasteiger charge is 2.38. The number of rotatable bonds is 8. The van der Waals surface area contributed by atoms with Gasteiger partial charge in [-0.15, -0.1) is 0 Å². The summed E-state index contributed by atoms with van der Waals surface area (Å²) >= 11 is 0. The van der Waals surface area contributed by atoms with Crippen molar-refractivity contribution in [3.05, 3.63) is 0 Å². The number of ether oxygens (including phenoxy) is 2. The third-order valence-electron chi connectivity index (χ3n) is 5.19. The Hall–Kier alpha value is -0.0151. The summed E-state index contributed by atoms with van der Waals surface area (Å²) in [5, 5.41) is 0. The Morgan fingerprint density at radius 3 is 1.95 bits per heavy atom. The van der Waals surface area contributed by atoms with Gasteiger partial charge in [0.05, 0.1) is 0 Å². The Bertz CT molecular complexity index is 219. The third kappa shape index (κ3) is 4.49. The molecule has 0 aromatic heterocycles. The molecule has 19 heavy (non-hydrogen) atoms. The van der Waals surface area contributed by atoms with Crippen LogP contribution in [0.25, 0.3) is 0 Å². The Morgan fingerprint density at radius 2 is 1.47 bits per heavy atom. The van der Waals surface area contributed by atoms with Gasteiger partial charge in [-0.2, -0.15) is 0 Å². The summed E-state index contributed by atoms with van der Waals surface area (Å²) in [4.78, 5) is 0. The van der Waals surface area contributed by atoms with Crippen molar-refractivity contribution >= 4 is 6.71 Å². The lowest BCUT2D eigenvalue weighted by molar-refractivity contribution is -0.139. The molecule has 2 saturated heterocycles. The molecular formula is C16H31BO2. The highest BCUT2D eigenvalue weighted by atomic mass is 16.7. The highest BCUT2D eigenvalue weighted by molar-refractivity contribution is 6.62. The van der Waals surface area contributed by atoms with Crippen LogP contribution in [0.1, 0.15) is 65.2 Å². The van der Waals surface area contributed by atoms with Crippen LogP contribution in [-0.2, 0) is 9.47 Å². The monoisotopic (exact) mass is 266 g/mol. The molecule has 0 aliphatic carbocycles. The van der Waals surface area contributed by atoms with Gasteiger partial charge in [-0.05, 0) is 20.3 Å². The largest absolute Gasteiger partial charge is 0.353 e. The van der Waals surface area contributed by atoms with Crippen LogP contribution in [0.4, 0.5) is 0 Å². The van der Waals surface area contributed by atoms with Gasteiger partial charge in [0.1, 0.15) is 6.71 Å². The smallest absolute Gasteiger partial charge is 0.157 e. The fourth-order valence-electron chi connectivity index (χ4n) is 4.39. The number of fused-ring (bicyclic) bond motifs is 2. The summed E-state index contributed by atoms with van der Waals surface area (Å²) < 4.78 is 11.3. The summed E-state index contributed by atoms with van der Waals surface area (Å²) in [6.07, 6.45) is 12.8. The van der Waals surface area contributed by atoms with Crippen molar-refractivity contribution < 1.29 is 9.47 Å². The van der Waals surface area contributed by atoms with E-state index in [0.29, 0.717) is 0 Å². The molecule has 2 heterocycles. The second-order valence-corrected chi connectivity index (χ2v) is 6.32. The third-order valence-corrected chi connectivity index (χ3v) is 5.19. The minimum atomic E-state index is 0.0402. The molecule has 0 aromatic carbocycles. The van der Waals surface area contributed by atoms with Gasteiger partial charge in [0, 0.05) is 13.2 Å². The van der Waals surface area contributed by atoms with E-state index in [4.69, 9.17) is 9.47 Å². The first-order valence-electron chi connectivity index (χ1n) is 8.58. The van der Waals surface area contributed by atoms with E-state index in [1.807, 2.05) is 0 Å². The van der Waals surface area contributed by atoms with Gasteiger partial charge in [-0.1, -0.05) is 62.9 Å². The molecule has 0 amide bonds. The Kier molecular flexibility index (Phi) is 6.73. The first-order valence-corrected chi connectivity index (χ1v) is 8.58. The molecule has 2 nitrogen and oxygen atoms in total. The second kappa shape index (κ2) is 8.31. The van der Waals surface area contributed by atoms with Crippen molar-refractivity contribution in [3.63, 3.8) is 0 Å². The summed E-state index contributed by atoms with van der Waals surface area (Å²) in [6, 6.07) is 0. The summed E-state index contributed by atoms with van der Waals surface area (Å²) in [6.45, 7) is 6.65. The number of hydrogen-bond donors (Lipinski definition) is 0. The van der Waals surface area contributed by atoms with Crippen molar-refractivity contribution in [2.75, 3.05) is 13.2 Å². The molecule has 3 heteroatoms. The highest BCUT2D eigenvalue weighted by Crippen LogP contribution is 2.48. The van der Waals surface area contributed by atoms with Crippen LogP contribution < -0.4 is 0 Å². The first kappa shape index (κ1) is 15.4. The zero-order chi connectivity index (χ0) is 13.5. The zero-order valence-corrected chi connectivity index (χ0v) is 12.9. The lowest BCUT2D eigenvalue weighted by atomic mass is 9.26. The molecule has 2 aliphatic rings. The van der Waals surface area contributed by atoms with E-state index in [-0.39, 0.29) is 6.29 Å². The van der Waals surface area contributed by atoms with Crippen molar-refractivity contribution in [2.45, 2.75) is 89.5 Å². The van der Waals surface area contributed by atoms with Gasteiger partial charge in [0.15, 0.2) is 6.29 Å². The molecule has 2 bridgehead atoms. The van der Waals surface area contributed by atoms with E-state index < -0.39 is 0 Å². The minimum absolute atomic E-state index is 0.0402. The van der Waals surface area contributed by atoms with Crippen LogP contribution in [0, 0.1) is 0 Å². The average Bonchev–Trinajstić information content (AvgIpc) is 2.39. The van der Waals surface area contributed by atoms with E-state index in [1.165, 1.54) is 51.3 Å². The first-order chi connectivity index (χ1) is 9.35. The zero-order valence-electron chi connectivity index (χ0n) is 12.9. The molecule has 110 valence electrons. The molecule has 0 N–H and O–H groups in total. The quantitative estimate of drug-likeness (QED) is 0.465. The minimum Gasteiger partial charge on any atom is -0.353 e. The van der Waals surface area contributed by atoms with Gasteiger partial charge in [0.2, 0.25) is 0 Å². The molecule has 0 unspecified atom stereocenters. The van der Waals surface area contributed by atoms with Crippen molar-refractivity contribution in [1.29, 1.82) is 0 Å². The maximum Gasteiger partial charge on any atom is 0.157 e. The standard InChI is InChI=1S/C16H31BO2/c1-3-18-16(19-4-2)12-7-13-17-14-8-5-9-15(17)11-6-10-14/h14-16H,3-13H2,1-2H3/t14-,15+. The van der Waals surface area contributed by atoms with E-state index in [2.05, 4.69) is 13.8 Å². The van der Waals surface area contributed by atoms with Crippen LogP contribution in [-0.4, -0.2) is 26.2 Å². The van der Waals surface area contributed by atoms with Gasteiger partial charge in [-0.25, -0.2) is 0 Å². The second-order valence-electron chi connectivity index (χ2n) is 6.32. The molecule has 0 aromatic rings. The van der Waals surface area contributed by atoms with Gasteiger partial charge in [-0.3, -0.25) is 0 Å². The molecule has 0 atom stereocenters. The topological polar surface area (TPSA) is 18.5 Å². The SMILES string of the molecule is CCOC(CCCB1[C@H]2CCC[C@@H]1CCC2)OCC. The fourth-order valence-corrected chi connectivity index (χ4v) is 4.39. The molecule has 2 fully saturated rings. The molecule has 0 spiro atoms. The van der Waals surface area contributed by atoms with Crippen LogP contribution in [0.3, 0.4) is 0 Å². The van der Waals surface area contributed by atoms with Crippen molar-refractivity contribution in [3.8, 4) is 0 Å².